The summed E-state index contributed by atoms with van der Waals surface area (Å²) >= 11 is 0. The molecular weight excluding hydrogens is 493 g/mol. The minimum absolute atomic E-state index is 0.0783. The number of aryl methyl sites for hydroxylation is 3. The molecule has 3 nitrogen and oxygen atoms in total. The van der Waals surface area contributed by atoms with Gasteiger partial charge in [0, 0.05) is 18.4 Å². The van der Waals surface area contributed by atoms with E-state index in [-0.39, 0.29) is 31.2 Å². The zero-order chi connectivity index (χ0) is 26.3. The summed E-state index contributed by atoms with van der Waals surface area (Å²) in [5.41, 5.74) is -4.14. The van der Waals surface area contributed by atoms with Gasteiger partial charge in [-0.15, -0.1) is 0 Å². The number of halogens is 6. The maximum absolute atomic E-state index is 13.8. The third-order valence-corrected chi connectivity index (χ3v) is 8.49. The van der Waals surface area contributed by atoms with Crippen molar-refractivity contribution < 1.29 is 40.5 Å². The highest BCUT2D eigenvalue weighted by atomic mass is 31.1. The lowest BCUT2D eigenvalue weighted by Gasteiger charge is -2.28. The van der Waals surface area contributed by atoms with Gasteiger partial charge in [0.15, 0.2) is 0 Å². The summed E-state index contributed by atoms with van der Waals surface area (Å²) < 4.78 is 96.4. The molecule has 3 rings (SSSR count). The van der Waals surface area contributed by atoms with Crippen LogP contribution in [-0.2, 0) is 16.9 Å². The van der Waals surface area contributed by atoms with Gasteiger partial charge in [-0.25, -0.2) is 4.79 Å². The van der Waals surface area contributed by atoms with Gasteiger partial charge in [-0.1, -0.05) is 34.7 Å². The molecule has 0 spiro atoms. The van der Waals surface area contributed by atoms with Crippen LogP contribution in [0.25, 0.3) is 0 Å². The molecule has 1 fully saturated rings. The summed E-state index contributed by atoms with van der Waals surface area (Å²) in [5.74, 6) is -1.53. The zero-order valence-electron chi connectivity index (χ0n) is 19.4. The summed E-state index contributed by atoms with van der Waals surface area (Å²) in [5, 5.41) is -2.16. The molecule has 0 heterocycles. The van der Waals surface area contributed by atoms with Crippen molar-refractivity contribution in [3.05, 3.63) is 69.3 Å². The maximum Gasteiger partial charge on any atom is 0.434 e. The lowest BCUT2D eigenvalue weighted by molar-refractivity contribution is -0.143. The number of alkyl halides is 6. The first-order valence-corrected chi connectivity index (χ1v) is 12.3. The van der Waals surface area contributed by atoms with Crippen molar-refractivity contribution in [2.75, 3.05) is 0 Å². The second-order valence-corrected chi connectivity index (χ2v) is 10.9. The van der Waals surface area contributed by atoms with Gasteiger partial charge < -0.3 is 0 Å². The summed E-state index contributed by atoms with van der Waals surface area (Å²) in [7, 11) is -3.20. The predicted molar refractivity (Wildman–Crippen MR) is 119 cm³/mol. The molecule has 0 radical (unpaired) electrons. The number of benzene rings is 2. The smallest absolute Gasteiger partial charge is 0.289 e. The molecule has 0 amide bonds. The van der Waals surface area contributed by atoms with Gasteiger partial charge in [0.2, 0.25) is 10.9 Å². The summed E-state index contributed by atoms with van der Waals surface area (Å²) in [4.78, 5) is 27.1. The molecule has 10 heteroatoms. The molecular formula is C25H24F6O3P+. The number of hydrogen-bond donors (Lipinski definition) is 0. The fourth-order valence-electron chi connectivity index (χ4n) is 4.97. The third-order valence-electron chi connectivity index (χ3n) is 6.47. The maximum atomic E-state index is 13.8. The molecule has 35 heavy (non-hydrogen) atoms. The van der Waals surface area contributed by atoms with Crippen LogP contribution in [0.4, 0.5) is 26.3 Å². The fourth-order valence-corrected chi connectivity index (χ4v) is 6.94. The SMILES string of the molecule is Cc1cc(C)c(C(=O)[P+](=O)C2(C(=O)c3c(C(F)(F)F)cccc3C(F)(F)F)CCCCC2)c(C)c1. The molecule has 1 saturated carbocycles. The molecule has 1 atom stereocenters. The Morgan fingerprint density at radius 3 is 1.69 bits per heavy atom. The standard InChI is InChI=1S/C25H24F6O3P/c1-14-12-15(2)19(16(3)13-14)22(33)35(34)23(10-5-4-6-11-23)21(32)20-17(24(26,27)28)8-7-9-18(20)25(29,30)31/h7-9,12-13H,4-6,10-11H2,1-3H3/q+1. The minimum Gasteiger partial charge on any atom is -0.289 e. The van der Waals surface area contributed by atoms with Crippen molar-refractivity contribution in [1.29, 1.82) is 0 Å². The Bertz CT molecular complexity index is 1140. The Hall–Kier alpha value is -2.54. The van der Waals surface area contributed by atoms with Crippen LogP contribution in [0.2, 0.25) is 0 Å². The number of carbonyl (C=O) groups excluding carboxylic acids is 2. The second kappa shape index (κ2) is 9.49. The van der Waals surface area contributed by atoms with E-state index in [0.717, 1.165) is 5.56 Å². The number of rotatable bonds is 5. The molecule has 1 aliphatic carbocycles. The van der Waals surface area contributed by atoms with E-state index in [1.807, 2.05) is 0 Å². The predicted octanol–water partition coefficient (Wildman–Crippen LogP) is 8.20. The molecule has 0 aliphatic heterocycles. The Balaban J connectivity index is 2.25. The quantitative estimate of drug-likeness (QED) is 0.228. The first-order chi connectivity index (χ1) is 16.1. The fraction of sp³-hybridized carbons (Fsp3) is 0.440. The van der Waals surface area contributed by atoms with Crippen molar-refractivity contribution in [2.24, 2.45) is 0 Å². The van der Waals surface area contributed by atoms with Gasteiger partial charge in [-0.2, -0.15) is 26.3 Å². The Labute approximate surface area is 199 Å². The lowest BCUT2D eigenvalue weighted by atomic mass is 9.80. The molecule has 0 bridgehead atoms. The van der Waals surface area contributed by atoms with Crippen LogP contribution < -0.4 is 0 Å². The number of carbonyl (C=O) groups is 2. The van der Waals surface area contributed by atoms with E-state index in [9.17, 15) is 40.5 Å². The normalized spacial score (nSPS) is 16.7. The molecule has 1 unspecified atom stereocenters. The second-order valence-electron chi connectivity index (χ2n) is 9.02. The first-order valence-electron chi connectivity index (χ1n) is 11.0. The molecule has 2 aromatic carbocycles. The van der Waals surface area contributed by atoms with Crippen LogP contribution in [-0.4, -0.2) is 16.5 Å². The van der Waals surface area contributed by atoms with Gasteiger partial charge >= 0.3 is 25.7 Å². The van der Waals surface area contributed by atoms with Gasteiger partial charge in [0.1, 0.15) is 0 Å². The summed E-state index contributed by atoms with van der Waals surface area (Å²) in [6, 6.07) is 4.73. The highest BCUT2D eigenvalue weighted by Gasteiger charge is 2.62. The van der Waals surface area contributed by atoms with Gasteiger partial charge in [-0.05, 0) is 56.9 Å². The van der Waals surface area contributed by atoms with Crippen molar-refractivity contribution >= 4 is 19.1 Å². The molecule has 1 aliphatic rings. The van der Waals surface area contributed by atoms with Crippen LogP contribution >= 0.6 is 7.80 Å². The molecule has 188 valence electrons. The van der Waals surface area contributed by atoms with E-state index in [1.165, 1.54) is 0 Å². The van der Waals surface area contributed by atoms with E-state index in [0.29, 0.717) is 35.7 Å². The topological polar surface area (TPSA) is 51.2 Å². The molecule has 0 N–H and O–H groups in total. The van der Waals surface area contributed by atoms with Crippen LogP contribution in [0.1, 0.15) is 80.6 Å². The van der Waals surface area contributed by atoms with E-state index in [4.69, 9.17) is 0 Å². The van der Waals surface area contributed by atoms with Crippen molar-refractivity contribution in [3.8, 4) is 0 Å². The average Bonchev–Trinajstić information content (AvgIpc) is 2.76. The highest BCUT2D eigenvalue weighted by molar-refractivity contribution is 7.67. The Morgan fingerprint density at radius 1 is 0.800 bits per heavy atom. The van der Waals surface area contributed by atoms with Gasteiger partial charge in [0.05, 0.1) is 16.7 Å². The van der Waals surface area contributed by atoms with Crippen molar-refractivity contribution in [1.82, 2.24) is 0 Å². The minimum atomic E-state index is -5.26. The number of ketones is 1. The largest absolute Gasteiger partial charge is 0.434 e. The monoisotopic (exact) mass is 517 g/mol. The number of Topliss-reactive ketones (excluding diaryl/α,β-unsaturated/α-hetero) is 1. The molecule has 0 saturated heterocycles. The van der Waals surface area contributed by atoms with Crippen LogP contribution in [0, 0.1) is 20.8 Å². The van der Waals surface area contributed by atoms with E-state index in [1.54, 1.807) is 32.9 Å². The molecule has 2 aromatic rings. The number of hydrogen-bond acceptors (Lipinski definition) is 3. The van der Waals surface area contributed by atoms with Crippen molar-refractivity contribution in [2.45, 2.75) is 70.4 Å². The lowest BCUT2D eigenvalue weighted by Crippen LogP contribution is -2.41. The highest BCUT2D eigenvalue weighted by Crippen LogP contribution is 2.55. The third kappa shape index (κ3) is 5.06. The van der Waals surface area contributed by atoms with Crippen molar-refractivity contribution in [3.63, 3.8) is 0 Å². The van der Waals surface area contributed by atoms with Crippen LogP contribution in [0.3, 0.4) is 0 Å². The van der Waals surface area contributed by atoms with E-state index in [2.05, 4.69) is 0 Å². The zero-order valence-corrected chi connectivity index (χ0v) is 20.3. The molecule has 0 aromatic heterocycles. The van der Waals surface area contributed by atoms with E-state index >= 15 is 0 Å². The average molecular weight is 517 g/mol. The van der Waals surface area contributed by atoms with E-state index < -0.39 is 53.3 Å². The first kappa shape index (κ1) is 27.1. The van der Waals surface area contributed by atoms with Gasteiger partial charge in [-0.3, -0.25) is 4.79 Å². The van der Waals surface area contributed by atoms with Crippen LogP contribution in [0.15, 0.2) is 30.3 Å². The summed E-state index contributed by atoms with van der Waals surface area (Å²) in [6.07, 6.45) is -9.94. The Kier molecular flexibility index (Phi) is 7.34. The summed E-state index contributed by atoms with van der Waals surface area (Å²) in [6.45, 7) is 4.99. The van der Waals surface area contributed by atoms with Crippen LogP contribution in [0.5, 0.6) is 0 Å². The van der Waals surface area contributed by atoms with Gasteiger partial charge in [0.25, 0.3) is 0 Å². The Morgan fingerprint density at radius 2 is 1.26 bits per heavy atom.